The van der Waals surface area contributed by atoms with E-state index in [4.69, 9.17) is 23.3 Å². The van der Waals surface area contributed by atoms with Crippen LogP contribution in [0.25, 0.3) is 0 Å². The van der Waals surface area contributed by atoms with Gasteiger partial charge in [0, 0.05) is 5.75 Å². The summed E-state index contributed by atoms with van der Waals surface area (Å²) in [7, 11) is -2.18. The molecule has 266 valence electrons. The molecule has 0 fully saturated rings. The van der Waals surface area contributed by atoms with Crippen LogP contribution in [-0.4, -0.2) is 42.2 Å². The molecule has 4 rings (SSSR count). The van der Waals surface area contributed by atoms with Gasteiger partial charge in [0.05, 0.1) is 32.5 Å². The van der Waals surface area contributed by atoms with Crippen molar-refractivity contribution in [3.05, 3.63) is 138 Å². The van der Waals surface area contributed by atoms with Gasteiger partial charge in [-0.15, -0.1) is 11.8 Å². The van der Waals surface area contributed by atoms with Gasteiger partial charge in [-0.2, -0.15) is 0 Å². The quantitative estimate of drug-likeness (QED) is 0.0796. The van der Waals surface area contributed by atoms with Crippen molar-refractivity contribution in [2.45, 2.75) is 69.7 Å². The average Bonchev–Trinajstić information content (AvgIpc) is 3.12. The number of esters is 1. The molecule has 0 radical (unpaired) electrons. The van der Waals surface area contributed by atoms with Gasteiger partial charge in [-0.25, -0.2) is 4.79 Å². The minimum atomic E-state index is -3.78. The zero-order valence-electron chi connectivity index (χ0n) is 29.0. The average molecular weight is 720 g/mol. The Morgan fingerprint density at radius 3 is 1.70 bits per heavy atom. The van der Waals surface area contributed by atoms with Crippen molar-refractivity contribution in [2.24, 2.45) is 0 Å². The number of hydrogen-bond acceptors (Lipinski definition) is 9. The highest BCUT2D eigenvalue weighted by molar-refractivity contribution is 7.99. The van der Waals surface area contributed by atoms with Gasteiger partial charge in [0.15, 0.2) is 0 Å². The van der Waals surface area contributed by atoms with Crippen LogP contribution in [0.1, 0.15) is 49.4 Å². The Kier molecular flexibility index (Phi) is 15.0. The number of amides is 1. The van der Waals surface area contributed by atoms with Crippen LogP contribution in [0.5, 0.6) is 5.75 Å². The molecule has 4 aromatic carbocycles. The van der Waals surface area contributed by atoms with Crippen LogP contribution in [0, 0.1) is 0 Å². The third-order valence-electron chi connectivity index (χ3n) is 7.36. The standard InChI is InChI=1S/C39H46NO8PS/c1-39(2,3)48-37(41)36(50-29-33-20-22-34(44-4)23-21-33)35(40-38(42)45-26-30-14-8-5-9-15-30)24-25-49(43,46-27-31-16-10-6-11-17-31)47-28-32-18-12-7-13-19-32/h5-23,35-36H,24-29H2,1-4H3,(H,40,42)/t35-,36-/m1/s1. The maximum atomic E-state index is 14.4. The molecule has 0 spiro atoms. The number of carbonyl (C=O) groups is 2. The topological polar surface area (TPSA) is 109 Å². The van der Waals surface area contributed by atoms with E-state index in [1.807, 2.05) is 115 Å². The van der Waals surface area contributed by atoms with Crippen molar-refractivity contribution in [1.82, 2.24) is 5.32 Å². The smallest absolute Gasteiger partial charge is 0.407 e. The first-order chi connectivity index (χ1) is 24.0. The van der Waals surface area contributed by atoms with Gasteiger partial charge in [-0.3, -0.25) is 9.36 Å². The summed E-state index contributed by atoms with van der Waals surface area (Å²) in [5.74, 6) is 0.622. The molecule has 0 saturated heterocycles. The largest absolute Gasteiger partial charge is 0.497 e. The summed E-state index contributed by atoms with van der Waals surface area (Å²) in [6, 6.07) is 34.8. The molecule has 0 heterocycles. The van der Waals surface area contributed by atoms with Crippen LogP contribution in [-0.2, 0) is 53.5 Å². The molecule has 0 saturated carbocycles. The van der Waals surface area contributed by atoms with Crippen LogP contribution in [0.15, 0.2) is 115 Å². The zero-order chi connectivity index (χ0) is 35.8. The zero-order valence-corrected chi connectivity index (χ0v) is 30.7. The number of carbonyl (C=O) groups excluding carboxylic acids is 2. The van der Waals surface area contributed by atoms with Gasteiger partial charge in [0.2, 0.25) is 0 Å². The molecule has 0 aromatic heterocycles. The van der Waals surface area contributed by atoms with E-state index in [-0.39, 0.29) is 32.4 Å². The molecular weight excluding hydrogens is 673 g/mol. The maximum Gasteiger partial charge on any atom is 0.407 e. The second kappa shape index (κ2) is 19.3. The summed E-state index contributed by atoms with van der Waals surface area (Å²) in [6.45, 7) is 5.52. The summed E-state index contributed by atoms with van der Waals surface area (Å²) in [5, 5.41) is 2.00. The molecule has 1 N–H and O–H groups in total. The van der Waals surface area contributed by atoms with Crippen LogP contribution in [0.2, 0.25) is 0 Å². The first-order valence-electron chi connectivity index (χ1n) is 16.4. The van der Waals surface area contributed by atoms with Gasteiger partial charge >= 0.3 is 19.7 Å². The second-order valence-corrected chi connectivity index (χ2v) is 15.9. The molecule has 0 bridgehead atoms. The lowest BCUT2D eigenvalue weighted by molar-refractivity contribution is -0.154. The summed E-state index contributed by atoms with van der Waals surface area (Å²) in [6.07, 6.45) is -0.734. The molecule has 0 aliphatic heterocycles. The summed E-state index contributed by atoms with van der Waals surface area (Å²) >= 11 is 1.32. The highest BCUT2D eigenvalue weighted by atomic mass is 32.2. The molecule has 2 atom stereocenters. The van der Waals surface area contributed by atoms with Crippen LogP contribution >= 0.6 is 19.4 Å². The van der Waals surface area contributed by atoms with Crippen molar-refractivity contribution in [2.75, 3.05) is 13.3 Å². The summed E-state index contributed by atoms with van der Waals surface area (Å²) in [4.78, 5) is 27.1. The van der Waals surface area contributed by atoms with Crippen LogP contribution < -0.4 is 10.1 Å². The number of methoxy groups -OCH3 is 1. The Hall–Kier alpha value is -4.08. The number of benzene rings is 4. The Balaban J connectivity index is 1.59. The van der Waals surface area contributed by atoms with E-state index in [0.717, 1.165) is 22.3 Å². The van der Waals surface area contributed by atoms with Gasteiger partial charge in [-0.05, 0) is 61.6 Å². The van der Waals surface area contributed by atoms with E-state index >= 15 is 0 Å². The fourth-order valence-electron chi connectivity index (χ4n) is 4.79. The normalized spacial score (nSPS) is 12.8. The third kappa shape index (κ3) is 13.7. The fraction of sp³-hybridized carbons (Fsp3) is 0.333. The number of nitrogens with one attached hydrogen (secondary N) is 1. The lowest BCUT2D eigenvalue weighted by atomic mass is 10.1. The maximum absolute atomic E-state index is 14.4. The van der Waals surface area contributed by atoms with Gasteiger partial charge in [0.25, 0.3) is 0 Å². The number of alkyl carbamates (subject to hydrolysis) is 1. The van der Waals surface area contributed by atoms with Crippen molar-refractivity contribution in [1.29, 1.82) is 0 Å². The first kappa shape index (κ1) is 38.7. The molecular formula is C39H46NO8PS. The van der Waals surface area contributed by atoms with E-state index in [1.165, 1.54) is 11.8 Å². The summed E-state index contributed by atoms with van der Waals surface area (Å²) < 4.78 is 43.2. The minimum Gasteiger partial charge on any atom is -0.497 e. The highest BCUT2D eigenvalue weighted by Crippen LogP contribution is 2.51. The number of rotatable bonds is 18. The van der Waals surface area contributed by atoms with E-state index in [9.17, 15) is 14.2 Å². The lowest BCUT2D eigenvalue weighted by Gasteiger charge is -2.30. The first-order valence-corrected chi connectivity index (χ1v) is 19.2. The Morgan fingerprint density at radius 1 is 0.720 bits per heavy atom. The van der Waals surface area contributed by atoms with Gasteiger partial charge < -0.3 is 28.6 Å². The summed E-state index contributed by atoms with van der Waals surface area (Å²) in [5.41, 5.74) is 2.62. The molecule has 11 heteroatoms. The fourth-order valence-corrected chi connectivity index (χ4v) is 7.59. The predicted octanol–water partition coefficient (Wildman–Crippen LogP) is 8.95. The Morgan fingerprint density at radius 2 is 1.22 bits per heavy atom. The molecule has 9 nitrogen and oxygen atoms in total. The van der Waals surface area contributed by atoms with E-state index in [0.29, 0.717) is 11.5 Å². The molecule has 50 heavy (non-hydrogen) atoms. The predicted molar refractivity (Wildman–Crippen MR) is 197 cm³/mol. The third-order valence-corrected chi connectivity index (χ3v) is 10.6. The second-order valence-electron chi connectivity index (χ2n) is 12.6. The van der Waals surface area contributed by atoms with Crippen molar-refractivity contribution in [3.63, 3.8) is 0 Å². The molecule has 1 amide bonds. The number of thioether (sulfide) groups is 1. The van der Waals surface area contributed by atoms with Gasteiger partial charge in [0.1, 0.15) is 23.2 Å². The van der Waals surface area contributed by atoms with E-state index in [2.05, 4.69) is 5.32 Å². The Labute approximate surface area is 299 Å². The number of ether oxygens (including phenoxy) is 3. The van der Waals surface area contributed by atoms with Crippen molar-refractivity contribution < 1.29 is 37.4 Å². The van der Waals surface area contributed by atoms with E-state index < -0.39 is 36.6 Å². The Bertz CT molecular complexity index is 1600. The SMILES string of the molecule is COc1ccc(CS[C@@H](C(=O)OC(C)(C)C)[C@@H](CCP(=O)(OCc2ccccc2)OCc2ccccc2)NC(=O)OCc2ccccc2)cc1. The molecule has 0 aliphatic rings. The van der Waals surface area contributed by atoms with Crippen LogP contribution in [0.4, 0.5) is 4.79 Å². The van der Waals surface area contributed by atoms with Crippen molar-refractivity contribution in [3.8, 4) is 5.75 Å². The minimum absolute atomic E-state index is 0.0361. The number of hydrogen-bond donors (Lipinski definition) is 1. The molecule has 0 aliphatic carbocycles. The molecule has 4 aromatic rings. The lowest BCUT2D eigenvalue weighted by Crippen LogP contribution is -2.48. The van der Waals surface area contributed by atoms with Crippen molar-refractivity contribution >= 4 is 31.4 Å². The van der Waals surface area contributed by atoms with Crippen LogP contribution in [0.3, 0.4) is 0 Å². The van der Waals surface area contributed by atoms with E-state index in [1.54, 1.807) is 27.9 Å². The highest BCUT2D eigenvalue weighted by Gasteiger charge is 2.37. The monoisotopic (exact) mass is 719 g/mol. The molecule has 0 unspecified atom stereocenters. The van der Waals surface area contributed by atoms with Gasteiger partial charge in [-0.1, -0.05) is 103 Å².